The van der Waals surface area contributed by atoms with Crippen molar-refractivity contribution in [2.24, 2.45) is 11.8 Å². The highest BCUT2D eigenvalue weighted by molar-refractivity contribution is 5.85. The number of fused-ring (bicyclic) bond motifs is 1. The quantitative estimate of drug-likeness (QED) is 0.542. The first-order valence-electron chi connectivity index (χ1n) is 3.76. The van der Waals surface area contributed by atoms with Crippen LogP contribution >= 0.6 is 12.4 Å². The molecule has 1 aliphatic heterocycles. The Morgan fingerprint density at radius 2 is 2.00 bits per heavy atom. The summed E-state index contributed by atoms with van der Waals surface area (Å²) in [6.45, 7) is 2.19. The molecule has 0 aromatic heterocycles. The van der Waals surface area contributed by atoms with Crippen LogP contribution in [0, 0.1) is 11.8 Å². The molecule has 2 aliphatic rings. The molecule has 1 saturated heterocycles. The van der Waals surface area contributed by atoms with Crippen LogP contribution in [0.2, 0.25) is 0 Å². The number of nitrogens with one attached hydrogen (secondary N) is 1. The zero-order valence-corrected chi connectivity index (χ0v) is 6.73. The Balaban J connectivity index is 0.000000500. The fourth-order valence-corrected chi connectivity index (χ4v) is 2.12. The lowest BCUT2D eigenvalue weighted by atomic mass is 10.00. The molecule has 2 rings (SSSR count). The van der Waals surface area contributed by atoms with E-state index in [9.17, 15) is 5.11 Å². The summed E-state index contributed by atoms with van der Waals surface area (Å²) in [5, 5.41) is 12.7. The van der Waals surface area contributed by atoms with Crippen molar-refractivity contribution in [2.75, 3.05) is 13.1 Å². The van der Waals surface area contributed by atoms with Crippen molar-refractivity contribution in [3.63, 3.8) is 0 Å². The van der Waals surface area contributed by atoms with Gasteiger partial charge in [0, 0.05) is 12.5 Å². The van der Waals surface area contributed by atoms with Crippen LogP contribution in [0.15, 0.2) is 0 Å². The van der Waals surface area contributed by atoms with E-state index in [-0.39, 0.29) is 18.5 Å². The van der Waals surface area contributed by atoms with Gasteiger partial charge in [-0.05, 0) is 25.3 Å². The van der Waals surface area contributed by atoms with Crippen LogP contribution in [0.1, 0.15) is 12.8 Å². The predicted octanol–water partition coefficient (Wildman–Crippen LogP) is 0.398. The molecule has 2 N–H and O–H groups in total. The van der Waals surface area contributed by atoms with E-state index >= 15 is 0 Å². The van der Waals surface area contributed by atoms with Crippen molar-refractivity contribution in [1.29, 1.82) is 0 Å². The number of rotatable bonds is 0. The van der Waals surface area contributed by atoms with Crippen LogP contribution in [0.5, 0.6) is 0 Å². The molecule has 2 nitrogen and oxygen atoms in total. The lowest BCUT2D eigenvalue weighted by molar-refractivity contribution is 0.133. The highest BCUT2D eigenvalue weighted by atomic mass is 35.5. The molecular formula is C7H14ClNO. The molecule has 1 saturated carbocycles. The minimum atomic E-state index is 0. The van der Waals surface area contributed by atoms with Crippen LogP contribution in [0.4, 0.5) is 0 Å². The van der Waals surface area contributed by atoms with Crippen molar-refractivity contribution < 1.29 is 5.11 Å². The normalized spacial score (nSPS) is 44.7. The predicted molar refractivity (Wildman–Crippen MR) is 42.3 cm³/mol. The summed E-state index contributed by atoms with van der Waals surface area (Å²) in [7, 11) is 0. The second kappa shape index (κ2) is 3.07. The third-order valence-electron chi connectivity index (χ3n) is 2.72. The third-order valence-corrected chi connectivity index (χ3v) is 2.72. The fourth-order valence-electron chi connectivity index (χ4n) is 2.12. The molecule has 0 aromatic carbocycles. The number of aliphatic hydroxyl groups excluding tert-OH is 1. The van der Waals surface area contributed by atoms with Gasteiger partial charge in [0.15, 0.2) is 0 Å². The molecule has 0 amide bonds. The van der Waals surface area contributed by atoms with Crippen LogP contribution in [0.25, 0.3) is 0 Å². The molecule has 0 aromatic rings. The zero-order valence-electron chi connectivity index (χ0n) is 5.92. The van der Waals surface area contributed by atoms with Gasteiger partial charge in [-0.25, -0.2) is 0 Å². The van der Waals surface area contributed by atoms with Crippen molar-refractivity contribution in [2.45, 2.75) is 18.9 Å². The van der Waals surface area contributed by atoms with Crippen LogP contribution < -0.4 is 5.32 Å². The van der Waals surface area contributed by atoms with Gasteiger partial charge in [0.05, 0.1) is 6.10 Å². The summed E-state index contributed by atoms with van der Waals surface area (Å²) in [4.78, 5) is 0. The SMILES string of the molecule is Cl.O[C@@H]1CC[C@H]2CNC[C@H]21. The Kier molecular flexibility index (Phi) is 2.55. The van der Waals surface area contributed by atoms with Crippen LogP contribution in [-0.4, -0.2) is 24.3 Å². The van der Waals surface area contributed by atoms with Gasteiger partial charge >= 0.3 is 0 Å². The number of hydrogen-bond donors (Lipinski definition) is 2. The lowest BCUT2D eigenvalue weighted by Crippen LogP contribution is -2.19. The summed E-state index contributed by atoms with van der Waals surface area (Å²) < 4.78 is 0. The van der Waals surface area contributed by atoms with Gasteiger partial charge in [-0.3, -0.25) is 0 Å². The van der Waals surface area contributed by atoms with Gasteiger partial charge in [-0.2, -0.15) is 0 Å². The Hall–Kier alpha value is 0.210. The molecule has 0 unspecified atom stereocenters. The molecular weight excluding hydrogens is 150 g/mol. The van der Waals surface area contributed by atoms with E-state index in [1.54, 1.807) is 0 Å². The van der Waals surface area contributed by atoms with Crippen LogP contribution in [-0.2, 0) is 0 Å². The largest absolute Gasteiger partial charge is 0.393 e. The van der Waals surface area contributed by atoms with Gasteiger partial charge in [0.2, 0.25) is 0 Å². The van der Waals surface area contributed by atoms with Gasteiger partial charge in [-0.15, -0.1) is 12.4 Å². The molecule has 0 radical (unpaired) electrons. The van der Waals surface area contributed by atoms with Crippen molar-refractivity contribution in [3.8, 4) is 0 Å². The molecule has 10 heavy (non-hydrogen) atoms. The molecule has 0 bridgehead atoms. The lowest BCUT2D eigenvalue weighted by Gasteiger charge is -2.09. The minimum Gasteiger partial charge on any atom is -0.393 e. The highest BCUT2D eigenvalue weighted by Gasteiger charge is 2.37. The smallest absolute Gasteiger partial charge is 0.0583 e. The van der Waals surface area contributed by atoms with E-state index in [1.165, 1.54) is 6.42 Å². The van der Waals surface area contributed by atoms with Crippen molar-refractivity contribution in [3.05, 3.63) is 0 Å². The molecule has 0 spiro atoms. The molecule has 1 aliphatic carbocycles. The average Bonchev–Trinajstić information content (AvgIpc) is 2.35. The minimum absolute atomic E-state index is 0. The van der Waals surface area contributed by atoms with E-state index < -0.39 is 0 Å². The van der Waals surface area contributed by atoms with Crippen molar-refractivity contribution >= 4 is 12.4 Å². The maximum atomic E-state index is 9.36. The Bertz CT molecular complexity index is 120. The average molecular weight is 164 g/mol. The third kappa shape index (κ3) is 1.16. The second-order valence-corrected chi connectivity index (χ2v) is 3.23. The Labute approximate surface area is 67.4 Å². The maximum Gasteiger partial charge on any atom is 0.0583 e. The number of hydrogen-bond acceptors (Lipinski definition) is 2. The maximum absolute atomic E-state index is 9.36. The standard InChI is InChI=1S/C7H13NO.ClH/c9-7-2-1-5-3-8-4-6(5)7;/h5-9H,1-4H2;1H/t5-,6+,7+;/m0./s1. The van der Waals surface area contributed by atoms with Gasteiger partial charge < -0.3 is 10.4 Å². The van der Waals surface area contributed by atoms with Gasteiger partial charge in [0.25, 0.3) is 0 Å². The second-order valence-electron chi connectivity index (χ2n) is 3.23. The first-order chi connectivity index (χ1) is 4.38. The van der Waals surface area contributed by atoms with E-state index in [0.717, 1.165) is 25.4 Å². The first-order valence-corrected chi connectivity index (χ1v) is 3.76. The molecule has 2 fully saturated rings. The van der Waals surface area contributed by atoms with E-state index in [1.807, 2.05) is 0 Å². The highest BCUT2D eigenvalue weighted by Crippen LogP contribution is 2.33. The van der Waals surface area contributed by atoms with Crippen molar-refractivity contribution in [1.82, 2.24) is 5.32 Å². The van der Waals surface area contributed by atoms with E-state index in [0.29, 0.717) is 5.92 Å². The monoisotopic (exact) mass is 163 g/mol. The Morgan fingerprint density at radius 1 is 1.20 bits per heavy atom. The molecule has 3 heteroatoms. The van der Waals surface area contributed by atoms with Crippen LogP contribution in [0.3, 0.4) is 0 Å². The summed E-state index contributed by atoms with van der Waals surface area (Å²) in [5.74, 6) is 1.38. The molecule has 1 heterocycles. The van der Waals surface area contributed by atoms with E-state index in [4.69, 9.17) is 0 Å². The Morgan fingerprint density at radius 3 is 2.70 bits per heavy atom. The van der Waals surface area contributed by atoms with Gasteiger partial charge in [0.1, 0.15) is 0 Å². The molecule has 3 atom stereocenters. The first kappa shape index (κ1) is 8.31. The van der Waals surface area contributed by atoms with E-state index in [2.05, 4.69) is 5.32 Å². The summed E-state index contributed by atoms with van der Waals surface area (Å²) in [6, 6.07) is 0. The number of halogens is 1. The zero-order chi connectivity index (χ0) is 6.27. The summed E-state index contributed by atoms with van der Waals surface area (Å²) in [5.41, 5.74) is 0. The van der Waals surface area contributed by atoms with Gasteiger partial charge in [-0.1, -0.05) is 0 Å². The summed E-state index contributed by atoms with van der Waals surface area (Å²) >= 11 is 0. The fraction of sp³-hybridized carbons (Fsp3) is 1.00. The number of aliphatic hydroxyl groups is 1. The topological polar surface area (TPSA) is 32.3 Å². The molecule has 60 valence electrons. The summed E-state index contributed by atoms with van der Waals surface area (Å²) in [6.07, 6.45) is 2.28.